The molecule has 0 aliphatic heterocycles. The average Bonchev–Trinajstić information content (AvgIpc) is 2.88. The van der Waals surface area contributed by atoms with Gasteiger partial charge in [-0.15, -0.1) is 0 Å². The summed E-state index contributed by atoms with van der Waals surface area (Å²) in [6.45, 7) is 2.55. The first-order valence-electron chi connectivity index (χ1n) is 12.5. The molecule has 36 heavy (non-hydrogen) atoms. The molecule has 0 amide bonds. The molecule has 0 bridgehead atoms. The van der Waals surface area contributed by atoms with Crippen molar-refractivity contribution in [3.05, 3.63) is 76.9 Å². The Labute approximate surface area is 212 Å². The number of phenols is 2. The number of nitrogens with zero attached hydrogens (tertiary/aromatic N) is 1. The molecule has 3 aromatic rings. The molecule has 0 radical (unpaired) electrons. The zero-order valence-corrected chi connectivity index (χ0v) is 20.9. The van der Waals surface area contributed by atoms with Gasteiger partial charge in [0.1, 0.15) is 11.5 Å². The second-order valence-electron chi connectivity index (χ2n) is 9.07. The van der Waals surface area contributed by atoms with Crippen LogP contribution in [0.15, 0.2) is 59.6 Å². The van der Waals surface area contributed by atoms with Crippen molar-refractivity contribution in [3.63, 3.8) is 0 Å². The largest absolute Gasteiger partial charge is 0.508 e. The summed E-state index contributed by atoms with van der Waals surface area (Å²) in [4.78, 5) is 17.8. The van der Waals surface area contributed by atoms with Gasteiger partial charge in [-0.25, -0.2) is 0 Å². The number of benzene rings is 3. The molecule has 0 spiro atoms. The second kappa shape index (κ2) is 11.8. The van der Waals surface area contributed by atoms with Gasteiger partial charge >= 0.3 is 0 Å². The van der Waals surface area contributed by atoms with Crippen LogP contribution in [0.3, 0.4) is 0 Å². The minimum absolute atomic E-state index is 0.00219. The molecular formula is C30H33NO5. The van der Waals surface area contributed by atoms with Crippen LogP contribution in [0, 0.1) is 5.92 Å². The number of ether oxygens (including phenoxy) is 2. The topological polar surface area (TPSA) is 88.4 Å². The van der Waals surface area contributed by atoms with E-state index in [1.165, 1.54) is 17.7 Å². The lowest BCUT2D eigenvalue weighted by atomic mass is 9.79. The van der Waals surface area contributed by atoms with Gasteiger partial charge in [-0.3, -0.25) is 9.79 Å². The summed E-state index contributed by atoms with van der Waals surface area (Å²) in [5.74, 6) is 1.71. The van der Waals surface area contributed by atoms with Gasteiger partial charge in [0, 0.05) is 29.3 Å². The Morgan fingerprint density at radius 2 is 1.92 bits per heavy atom. The van der Waals surface area contributed by atoms with Crippen molar-refractivity contribution in [2.45, 2.75) is 45.4 Å². The highest BCUT2D eigenvalue weighted by Crippen LogP contribution is 2.35. The summed E-state index contributed by atoms with van der Waals surface area (Å²) in [6, 6.07) is 16.1. The summed E-state index contributed by atoms with van der Waals surface area (Å²) in [7, 11) is 1.65. The third-order valence-electron chi connectivity index (χ3n) is 6.68. The van der Waals surface area contributed by atoms with Gasteiger partial charge in [0.15, 0.2) is 17.3 Å². The number of carbonyl (C=O) groups excluding carboxylic acids is 1. The molecule has 6 heteroatoms. The number of aromatic hydroxyl groups is 2. The molecule has 0 aromatic heterocycles. The summed E-state index contributed by atoms with van der Waals surface area (Å²) >= 11 is 0. The number of aliphatic imine (C=N–C) groups is 1. The van der Waals surface area contributed by atoms with Crippen LogP contribution in [0.5, 0.6) is 23.0 Å². The Bertz CT molecular complexity index is 1250. The third-order valence-corrected chi connectivity index (χ3v) is 6.68. The predicted octanol–water partition coefficient (Wildman–Crippen LogP) is 6.41. The first-order chi connectivity index (χ1) is 17.5. The first kappa shape index (κ1) is 25.3. The van der Waals surface area contributed by atoms with Gasteiger partial charge in [0.25, 0.3) is 0 Å². The van der Waals surface area contributed by atoms with E-state index in [0.717, 1.165) is 66.8 Å². The van der Waals surface area contributed by atoms with Crippen molar-refractivity contribution in [2.75, 3.05) is 13.7 Å². The summed E-state index contributed by atoms with van der Waals surface area (Å²) in [5, 5.41) is 19.5. The van der Waals surface area contributed by atoms with Crippen molar-refractivity contribution in [1.82, 2.24) is 0 Å². The van der Waals surface area contributed by atoms with E-state index in [1.807, 2.05) is 37.3 Å². The number of ketones is 1. The van der Waals surface area contributed by atoms with Crippen molar-refractivity contribution >= 4 is 17.7 Å². The van der Waals surface area contributed by atoms with Crippen molar-refractivity contribution in [1.29, 1.82) is 0 Å². The van der Waals surface area contributed by atoms with Gasteiger partial charge in [0.2, 0.25) is 0 Å². The monoisotopic (exact) mass is 487 g/mol. The van der Waals surface area contributed by atoms with Crippen molar-refractivity contribution < 1.29 is 24.5 Å². The number of Topliss-reactive ketones (excluding diaryl/α,β-unsaturated/α-hetero) is 1. The highest BCUT2D eigenvalue weighted by Gasteiger charge is 2.28. The van der Waals surface area contributed by atoms with E-state index in [9.17, 15) is 15.0 Å². The average molecular weight is 488 g/mol. The number of rotatable bonds is 10. The molecule has 2 N–H and O–H groups in total. The standard InChI is InChI=1S/C30H33NO5/c1-3-36-29-17-20(11-16-28(29)35-2)7-4-5-8-21-13-15-24-25(30(21)34)9-6-10-26(24)31-19-22-12-14-23(32)18-27(22)33/h6,9-12,14,16-19,21,32-33H,3-5,7-8,13,15H2,1-2H3. The van der Waals surface area contributed by atoms with E-state index in [4.69, 9.17) is 9.47 Å². The van der Waals surface area contributed by atoms with E-state index >= 15 is 0 Å². The SMILES string of the molecule is CCOc1cc(CCCCC2CCc3c(N=Cc4ccc(O)cc4O)cccc3C2=O)ccc1OC. The van der Waals surface area contributed by atoms with E-state index in [0.29, 0.717) is 12.2 Å². The fraction of sp³-hybridized carbons (Fsp3) is 0.333. The number of phenolic OH excluding ortho intramolecular Hbond substituents is 2. The van der Waals surface area contributed by atoms with Crippen LogP contribution in [-0.4, -0.2) is 35.9 Å². The highest BCUT2D eigenvalue weighted by molar-refractivity contribution is 6.01. The molecule has 3 aromatic carbocycles. The Kier molecular flexibility index (Phi) is 8.26. The highest BCUT2D eigenvalue weighted by atomic mass is 16.5. The molecule has 0 fully saturated rings. The molecule has 6 nitrogen and oxygen atoms in total. The smallest absolute Gasteiger partial charge is 0.166 e. The van der Waals surface area contributed by atoms with Crippen LogP contribution < -0.4 is 9.47 Å². The number of methoxy groups -OCH3 is 1. The molecular weight excluding hydrogens is 454 g/mol. The van der Waals surface area contributed by atoms with Gasteiger partial charge in [-0.1, -0.05) is 24.6 Å². The van der Waals surface area contributed by atoms with Crippen LogP contribution in [0.4, 0.5) is 5.69 Å². The minimum Gasteiger partial charge on any atom is -0.508 e. The molecule has 1 atom stereocenters. The van der Waals surface area contributed by atoms with Crippen molar-refractivity contribution in [3.8, 4) is 23.0 Å². The molecule has 0 saturated heterocycles. The van der Waals surface area contributed by atoms with Gasteiger partial charge in [-0.05, 0) is 80.5 Å². The van der Waals surface area contributed by atoms with E-state index in [2.05, 4.69) is 11.1 Å². The number of aryl methyl sites for hydroxylation is 1. The summed E-state index contributed by atoms with van der Waals surface area (Å²) in [5.41, 5.74) is 4.19. The first-order valence-corrected chi connectivity index (χ1v) is 12.5. The number of carbonyl (C=O) groups is 1. The molecule has 188 valence electrons. The van der Waals surface area contributed by atoms with E-state index < -0.39 is 0 Å². The lowest BCUT2D eigenvalue weighted by molar-refractivity contribution is 0.0893. The third kappa shape index (κ3) is 5.88. The Morgan fingerprint density at radius 1 is 1.06 bits per heavy atom. The maximum atomic E-state index is 13.2. The Balaban J connectivity index is 1.36. The van der Waals surface area contributed by atoms with Crippen LogP contribution in [0.1, 0.15) is 59.7 Å². The molecule has 0 saturated carbocycles. The fourth-order valence-corrected chi connectivity index (χ4v) is 4.78. The number of unbranched alkanes of at least 4 members (excludes halogenated alkanes) is 1. The van der Waals surface area contributed by atoms with Crippen LogP contribution in [-0.2, 0) is 12.8 Å². The predicted molar refractivity (Wildman–Crippen MR) is 141 cm³/mol. The zero-order valence-electron chi connectivity index (χ0n) is 20.9. The maximum Gasteiger partial charge on any atom is 0.166 e. The number of hydrogen-bond acceptors (Lipinski definition) is 6. The normalized spacial score (nSPS) is 15.2. The van der Waals surface area contributed by atoms with E-state index in [-0.39, 0.29) is 23.2 Å². The number of fused-ring (bicyclic) bond motifs is 1. The van der Waals surface area contributed by atoms with Crippen LogP contribution in [0.2, 0.25) is 0 Å². The van der Waals surface area contributed by atoms with Gasteiger partial charge < -0.3 is 19.7 Å². The van der Waals surface area contributed by atoms with Crippen LogP contribution in [0.25, 0.3) is 0 Å². The summed E-state index contributed by atoms with van der Waals surface area (Å²) in [6.07, 6.45) is 6.99. The Hall–Kier alpha value is -3.80. The lowest BCUT2D eigenvalue weighted by Gasteiger charge is -2.24. The van der Waals surface area contributed by atoms with Crippen molar-refractivity contribution in [2.24, 2.45) is 10.9 Å². The molecule has 1 aliphatic carbocycles. The van der Waals surface area contributed by atoms with E-state index in [1.54, 1.807) is 19.4 Å². The molecule has 0 heterocycles. The Morgan fingerprint density at radius 3 is 2.69 bits per heavy atom. The molecule has 1 unspecified atom stereocenters. The summed E-state index contributed by atoms with van der Waals surface area (Å²) < 4.78 is 11.0. The minimum atomic E-state index is -0.0385. The quantitative estimate of drug-likeness (QED) is 0.255. The van der Waals surface area contributed by atoms with Gasteiger partial charge in [0.05, 0.1) is 19.4 Å². The molecule has 4 rings (SSSR count). The maximum absolute atomic E-state index is 13.2. The lowest BCUT2D eigenvalue weighted by Crippen LogP contribution is -2.22. The zero-order chi connectivity index (χ0) is 25.5. The van der Waals surface area contributed by atoms with Gasteiger partial charge in [-0.2, -0.15) is 0 Å². The van der Waals surface area contributed by atoms with Crippen LogP contribution >= 0.6 is 0 Å². The second-order valence-corrected chi connectivity index (χ2v) is 9.07. The molecule has 1 aliphatic rings. The number of hydrogen-bond donors (Lipinski definition) is 2. The fourth-order valence-electron chi connectivity index (χ4n) is 4.78.